The highest BCUT2D eigenvalue weighted by molar-refractivity contribution is 7.09. The summed E-state index contributed by atoms with van der Waals surface area (Å²) < 4.78 is 4.01. The van der Waals surface area contributed by atoms with E-state index in [1.807, 2.05) is 63.2 Å². The third kappa shape index (κ3) is 5.11. The molecule has 0 spiro atoms. The molecule has 0 radical (unpaired) electrons. The van der Waals surface area contributed by atoms with E-state index in [1.54, 1.807) is 0 Å². The van der Waals surface area contributed by atoms with Crippen molar-refractivity contribution in [3.05, 3.63) is 75.3 Å². The van der Waals surface area contributed by atoms with E-state index in [1.165, 1.54) is 4.90 Å². The molecule has 0 bridgehead atoms. The number of nitrogens with zero attached hydrogens (tertiary/aromatic N) is 2. The van der Waals surface area contributed by atoms with Crippen molar-refractivity contribution in [3.8, 4) is 0 Å². The number of nitrogens with two attached hydrogens (primary N) is 2. The number of rotatable bonds is 7. The number of primary amides is 1. The van der Waals surface area contributed by atoms with Gasteiger partial charge in [-0.2, -0.15) is 4.37 Å². The van der Waals surface area contributed by atoms with Crippen molar-refractivity contribution in [2.45, 2.75) is 58.5 Å². The first-order valence-electron chi connectivity index (χ1n) is 12.0. The zero-order valence-electron chi connectivity index (χ0n) is 20.7. The quantitative estimate of drug-likeness (QED) is 0.443. The Morgan fingerprint density at radius 2 is 1.67 bits per heavy atom. The van der Waals surface area contributed by atoms with Gasteiger partial charge in [-0.25, -0.2) is 0 Å². The Bertz CT molecular complexity index is 1300. The fourth-order valence-corrected chi connectivity index (χ4v) is 5.44. The summed E-state index contributed by atoms with van der Waals surface area (Å²) in [6.07, 6.45) is 3.95. The molecular formula is C27H31N5O3S. The molecule has 1 saturated carbocycles. The fourth-order valence-electron chi connectivity index (χ4n) is 4.70. The number of amides is 3. The Labute approximate surface area is 214 Å². The molecule has 188 valence electrons. The van der Waals surface area contributed by atoms with E-state index in [4.69, 9.17) is 11.5 Å². The van der Waals surface area contributed by atoms with E-state index in [9.17, 15) is 14.4 Å². The van der Waals surface area contributed by atoms with E-state index in [0.29, 0.717) is 11.3 Å². The molecule has 0 aliphatic heterocycles. The summed E-state index contributed by atoms with van der Waals surface area (Å²) in [4.78, 5) is 41.3. The summed E-state index contributed by atoms with van der Waals surface area (Å²) in [5.41, 5.74) is 15.5. The molecule has 1 heterocycles. The Kier molecular flexibility index (Phi) is 7.40. The maximum Gasteiger partial charge on any atom is 0.273 e. The Balaban J connectivity index is 1.88. The van der Waals surface area contributed by atoms with Crippen molar-refractivity contribution in [3.63, 3.8) is 0 Å². The second-order valence-corrected chi connectivity index (χ2v) is 10.2. The lowest BCUT2D eigenvalue weighted by atomic mass is 9.99. The molecule has 1 aliphatic rings. The number of hydrogen-bond donors (Lipinski definition) is 3. The van der Waals surface area contributed by atoms with Gasteiger partial charge in [0.1, 0.15) is 10.9 Å². The number of nitrogen functional groups attached to an aromatic ring is 1. The predicted molar refractivity (Wildman–Crippen MR) is 142 cm³/mol. The molecule has 1 fully saturated rings. The van der Waals surface area contributed by atoms with Gasteiger partial charge in [0.05, 0.1) is 5.69 Å². The van der Waals surface area contributed by atoms with Crippen molar-refractivity contribution >= 4 is 40.6 Å². The van der Waals surface area contributed by atoms with Gasteiger partial charge in [-0.15, -0.1) is 0 Å². The number of anilines is 2. The lowest BCUT2D eigenvalue weighted by Crippen LogP contribution is -2.46. The molecule has 1 aliphatic carbocycles. The van der Waals surface area contributed by atoms with E-state index >= 15 is 0 Å². The number of aryl methyl sites for hydroxylation is 3. The number of aromatic nitrogens is 1. The van der Waals surface area contributed by atoms with Crippen molar-refractivity contribution in [2.75, 3.05) is 10.6 Å². The average Bonchev–Trinajstić information content (AvgIpc) is 3.48. The second kappa shape index (κ2) is 10.5. The van der Waals surface area contributed by atoms with Crippen molar-refractivity contribution in [1.82, 2.24) is 9.69 Å². The lowest BCUT2D eigenvalue weighted by molar-refractivity contribution is -0.123. The van der Waals surface area contributed by atoms with E-state index in [0.717, 1.165) is 53.9 Å². The van der Waals surface area contributed by atoms with Crippen LogP contribution in [0.15, 0.2) is 42.5 Å². The first kappa shape index (κ1) is 25.4. The first-order chi connectivity index (χ1) is 17.2. The summed E-state index contributed by atoms with van der Waals surface area (Å²) >= 11 is 0.806. The van der Waals surface area contributed by atoms with Crippen LogP contribution in [0.3, 0.4) is 0 Å². The first-order valence-corrected chi connectivity index (χ1v) is 12.8. The molecule has 3 amide bonds. The minimum absolute atomic E-state index is 0.0644. The summed E-state index contributed by atoms with van der Waals surface area (Å²) in [6, 6.07) is 12.4. The van der Waals surface area contributed by atoms with E-state index in [-0.39, 0.29) is 28.2 Å². The lowest BCUT2D eigenvalue weighted by Gasteiger charge is -2.33. The summed E-state index contributed by atoms with van der Waals surface area (Å²) in [5, 5.41) is 3.17. The number of hydrogen-bond acceptors (Lipinski definition) is 6. The van der Waals surface area contributed by atoms with Crippen LogP contribution in [0.5, 0.6) is 0 Å². The molecule has 9 heteroatoms. The van der Waals surface area contributed by atoms with Gasteiger partial charge in [0.15, 0.2) is 5.69 Å². The molecule has 36 heavy (non-hydrogen) atoms. The van der Waals surface area contributed by atoms with Gasteiger partial charge < -0.3 is 16.8 Å². The van der Waals surface area contributed by atoms with Crippen LogP contribution >= 0.6 is 11.5 Å². The van der Waals surface area contributed by atoms with Gasteiger partial charge >= 0.3 is 0 Å². The molecule has 2 aromatic carbocycles. The standard InChI is InChI=1S/C27H31N5O3S/c1-15-8-11-18(12-9-15)23(26(34)30-19-6-4-5-7-19)32(20-13-10-16(2)14-17(20)3)27(35)24-21(28)22(25(29)33)31-36-24/h8-14,19,23H,4-7,28H2,1-3H3,(H2,29,33)(H,30,34)/t23-/m0/s1. The van der Waals surface area contributed by atoms with Crippen LogP contribution in [0.25, 0.3) is 0 Å². The van der Waals surface area contributed by atoms with Gasteiger partial charge in [-0.3, -0.25) is 19.3 Å². The van der Waals surface area contributed by atoms with Crippen molar-refractivity contribution < 1.29 is 14.4 Å². The van der Waals surface area contributed by atoms with Gasteiger partial charge in [-0.1, -0.05) is 60.4 Å². The highest BCUT2D eigenvalue weighted by Crippen LogP contribution is 2.35. The van der Waals surface area contributed by atoms with Gasteiger partial charge in [0, 0.05) is 11.7 Å². The Hall–Kier alpha value is -3.72. The topological polar surface area (TPSA) is 131 Å². The van der Waals surface area contributed by atoms with Gasteiger partial charge in [0.25, 0.3) is 11.8 Å². The maximum absolute atomic E-state index is 14.1. The molecule has 0 unspecified atom stereocenters. The number of carbonyl (C=O) groups is 3. The number of carbonyl (C=O) groups excluding carboxylic acids is 3. The van der Waals surface area contributed by atoms with Crippen LogP contribution in [-0.4, -0.2) is 28.1 Å². The largest absolute Gasteiger partial charge is 0.395 e. The zero-order chi connectivity index (χ0) is 26.0. The number of nitrogens with one attached hydrogen (secondary N) is 1. The van der Waals surface area contributed by atoms with Crippen LogP contribution in [0.1, 0.15) is 74.1 Å². The van der Waals surface area contributed by atoms with Crippen LogP contribution in [0.4, 0.5) is 11.4 Å². The highest BCUT2D eigenvalue weighted by Gasteiger charge is 2.37. The molecule has 0 saturated heterocycles. The molecule has 1 aromatic heterocycles. The Morgan fingerprint density at radius 3 is 2.25 bits per heavy atom. The molecule has 5 N–H and O–H groups in total. The molecule has 3 aromatic rings. The Morgan fingerprint density at radius 1 is 1.03 bits per heavy atom. The monoisotopic (exact) mass is 505 g/mol. The van der Waals surface area contributed by atoms with E-state index < -0.39 is 17.9 Å². The summed E-state index contributed by atoms with van der Waals surface area (Å²) in [6.45, 7) is 5.83. The smallest absolute Gasteiger partial charge is 0.273 e. The zero-order valence-corrected chi connectivity index (χ0v) is 21.5. The van der Waals surface area contributed by atoms with Crippen LogP contribution in [0.2, 0.25) is 0 Å². The SMILES string of the molecule is Cc1ccc([C@@H](C(=O)NC2CCCC2)N(C(=O)c2snc(C(N)=O)c2N)c2ccc(C)cc2C)cc1. The molecule has 8 nitrogen and oxygen atoms in total. The van der Waals surface area contributed by atoms with Gasteiger partial charge in [0.2, 0.25) is 5.91 Å². The number of benzene rings is 2. The molecule has 1 atom stereocenters. The van der Waals surface area contributed by atoms with Crippen LogP contribution in [-0.2, 0) is 4.79 Å². The normalized spacial score (nSPS) is 14.4. The minimum atomic E-state index is -0.960. The highest BCUT2D eigenvalue weighted by atomic mass is 32.1. The second-order valence-electron chi connectivity index (χ2n) is 9.41. The third-order valence-electron chi connectivity index (χ3n) is 6.59. The predicted octanol–water partition coefficient (Wildman–Crippen LogP) is 4.20. The minimum Gasteiger partial charge on any atom is -0.395 e. The summed E-state index contributed by atoms with van der Waals surface area (Å²) in [7, 11) is 0. The van der Waals surface area contributed by atoms with Crippen LogP contribution < -0.4 is 21.7 Å². The van der Waals surface area contributed by atoms with Crippen LogP contribution in [0, 0.1) is 20.8 Å². The molecular weight excluding hydrogens is 474 g/mol. The fraction of sp³-hybridized carbons (Fsp3) is 0.333. The molecule has 4 rings (SSSR count). The van der Waals surface area contributed by atoms with Crippen molar-refractivity contribution in [1.29, 1.82) is 0 Å². The third-order valence-corrected chi connectivity index (χ3v) is 7.44. The average molecular weight is 506 g/mol. The maximum atomic E-state index is 14.1. The van der Waals surface area contributed by atoms with Crippen molar-refractivity contribution in [2.24, 2.45) is 5.73 Å². The summed E-state index contributed by atoms with van der Waals surface area (Å²) in [5.74, 6) is -1.59. The van der Waals surface area contributed by atoms with Gasteiger partial charge in [-0.05, 0) is 62.3 Å². The van der Waals surface area contributed by atoms with E-state index in [2.05, 4.69) is 9.69 Å².